The molecule has 3 aromatic rings. The van der Waals surface area contributed by atoms with Crippen LogP contribution in [0.2, 0.25) is 0 Å². The fraction of sp³-hybridized carbons (Fsp3) is 0.286. The molecule has 0 saturated heterocycles. The Labute approximate surface area is 189 Å². The van der Waals surface area contributed by atoms with E-state index in [1.54, 1.807) is 49.7 Å². The standard InChI is InChI=1S/C21H20N6O3S2/c1-21(2,18-12-31-20(26-18)27-32(29,30)16-7-8-16)19(28)25-14-5-3-13(4-6-14)17-11-23-10-15(9-22)24-17/h3-6,10-12,16H,7-8H2,1-2H3,(H,25,28)(H,26,27). The second-order valence-corrected chi connectivity index (χ2v) is 10.8. The molecule has 2 aromatic heterocycles. The summed E-state index contributed by atoms with van der Waals surface area (Å²) in [6.07, 6.45) is 4.28. The number of carbonyl (C=O) groups excluding carboxylic acids is 1. The van der Waals surface area contributed by atoms with E-state index in [0.29, 0.717) is 29.9 Å². The third-order valence-corrected chi connectivity index (χ3v) is 7.81. The molecule has 1 aliphatic rings. The van der Waals surface area contributed by atoms with Crippen LogP contribution in [0.4, 0.5) is 10.8 Å². The van der Waals surface area contributed by atoms with E-state index < -0.39 is 15.4 Å². The largest absolute Gasteiger partial charge is 0.325 e. The minimum absolute atomic E-state index is 0.226. The van der Waals surface area contributed by atoms with Crippen LogP contribution in [-0.2, 0) is 20.2 Å². The summed E-state index contributed by atoms with van der Waals surface area (Å²) in [5.41, 5.74) is 1.63. The number of anilines is 2. The Morgan fingerprint density at radius 2 is 1.91 bits per heavy atom. The first-order valence-electron chi connectivity index (χ1n) is 9.81. The van der Waals surface area contributed by atoms with Crippen molar-refractivity contribution >= 4 is 38.1 Å². The van der Waals surface area contributed by atoms with Gasteiger partial charge in [-0.3, -0.25) is 14.5 Å². The first kappa shape index (κ1) is 21.9. The van der Waals surface area contributed by atoms with Crippen molar-refractivity contribution in [1.29, 1.82) is 5.26 Å². The van der Waals surface area contributed by atoms with Crippen molar-refractivity contribution in [3.63, 3.8) is 0 Å². The van der Waals surface area contributed by atoms with Gasteiger partial charge in [0.2, 0.25) is 15.9 Å². The molecule has 0 bridgehead atoms. The molecular formula is C21H20N6O3S2. The van der Waals surface area contributed by atoms with Crippen molar-refractivity contribution in [3.05, 3.63) is 53.4 Å². The molecule has 0 atom stereocenters. The predicted molar refractivity (Wildman–Crippen MR) is 122 cm³/mol. The monoisotopic (exact) mass is 468 g/mol. The molecule has 4 rings (SSSR count). The van der Waals surface area contributed by atoms with E-state index in [9.17, 15) is 13.2 Å². The molecule has 1 aliphatic carbocycles. The van der Waals surface area contributed by atoms with Crippen LogP contribution < -0.4 is 10.0 Å². The van der Waals surface area contributed by atoms with Crippen LogP contribution in [0.15, 0.2) is 42.0 Å². The highest BCUT2D eigenvalue weighted by Gasteiger charge is 2.37. The predicted octanol–water partition coefficient (Wildman–Crippen LogP) is 3.29. The zero-order valence-electron chi connectivity index (χ0n) is 17.4. The number of hydrogen-bond donors (Lipinski definition) is 2. The smallest absolute Gasteiger partial charge is 0.237 e. The van der Waals surface area contributed by atoms with Gasteiger partial charge in [0.1, 0.15) is 6.07 Å². The fourth-order valence-corrected chi connectivity index (χ4v) is 5.35. The van der Waals surface area contributed by atoms with Crippen molar-refractivity contribution in [2.45, 2.75) is 37.4 Å². The number of nitrogens with zero attached hydrogens (tertiary/aromatic N) is 4. The third-order valence-electron chi connectivity index (χ3n) is 5.09. The van der Waals surface area contributed by atoms with Crippen molar-refractivity contribution in [1.82, 2.24) is 15.0 Å². The van der Waals surface area contributed by atoms with Crippen molar-refractivity contribution in [2.24, 2.45) is 0 Å². The molecule has 1 saturated carbocycles. The Hall–Kier alpha value is -3.36. The van der Waals surface area contributed by atoms with Crippen LogP contribution in [0.5, 0.6) is 0 Å². The van der Waals surface area contributed by atoms with Gasteiger partial charge in [0.05, 0.1) is 34.4 Å². The van der Waals surface area contributed by atoms with Crippen LogP contribution in [0, 0.1) is 11.3 Å². The number of hydrogen-bond acceptors (Lipinski definition) is 8. The lowest BCUT2D eigenvalue weighted by Crippen LogP contribution is -2.35. The summed E-state index contributed by atoms with van der Waals surface area (Å²) in [7, 11) is -3.40. The maximum Gasteiger partial charge on any atom is 0.237 e. The summed E-state index contributed by atoms with van der Waals surface area (Å²) < 4.78 is 26.7. The number of aromatic nitrogens is 3. The third kappa shape index (κ3) is 4.61. The summed E-state index contributed by atoms with van der Waals surface area (Å²) in [5, 5.41) is 13.4. The second kappa shape index (κ2) is 8.29. The van der Waals surface area contributed by atoms with Gasteiger partial charge in [-0.1, -0.05) is 12.1 Å². The van der Waals surface area contributed by atoms with Gasteiger partial charge in [0.25, 0.3) is 0 Å². The number of carbonyl (C=O) groups is 1. The van der Waals surface area contributed by atoms with Crippen molar-refractivity contribution < 1.29 is 13.2 Å². The molecule has 1 fully saturated rings. The summed E-state index contributed by atoms with van der Waals surface area (Å²) in [5.74, 6) is -0.279. The van der Waals surface area contributed by atoms with E-state index in [1.807, 2.05) is 6.07 Å². The van der Waals surface area contributed by atoms with Gasteiger partial charge in [-0.15, -0.1) is 11.3 Å². The minimum atomic E-state index is -3.40. The Balaban J connectivity index is 1.45. The lowest BCUT2D eigenvalue weighted by Gasteiger charge is -2.21. The number of nitriles is 1. The maximum atomic E-state index is 12.9. The summed E-state index contributed by atoms with van der Waals surface area (Å²) >= 11 is 1.16. The Morgan fingerprint density at radius 3 is 2.56 bits per heavy atom. The van der Waals surface area contributed by atoms with E-state index in [1.165, 1.54) is 6.20 Å². The summed E-state index contributed by atoms with van der Waals surface area (Å²) in [6.45, 7) is 3.46. The summed E-state index contributed by atoms with van der Waals surface area (Å²) in [4.78, 5) is 25.5. The highest BCUT2D eigenvalue weighted by atomic mass is 32.2. The number of rotatable bonds is 7. The number of nitrogens with one attached hydrogen (secondary N) is 2. The first-order valence-corrected chi connectivity index (χ1v) is 12.2. The van der Waals surface area contributed by atoms with Gasteiger partial charge >= 0.3 is 0 Å². The molecule has 164 valence electrons. The summed E-state index contributed by atoms with van der Waals surface area (Å²) in [6, 6.07) is 8.99. The van der Waals surface area contributed by atoms with Crippen LogP contribution in [0.1, 0.15) is 38.1 Å². The van der Waals surface area contributed by atoms with Gasteiger partial charge in [-0.2, -0.15) is 5.26 Å². The van der Waals surface area contributed by atoms with E-state index in [4.69, 9.17) is 5.26 Å². The molecule has 2 N–H and O–H groups in total. The normalized spacial score (nSPS) is 13.9. The molecule has 1 aromatic carbocycles. The molecular weight excluding hydrogens is 448 g/mol. The van der Waals surface area contributed by atoms with Gasteiger partial charge < -0.3 is 5.32 Å². The quantitative estimate of drug-likeness (QED) is 0.542. The molecule has 0 spiro atoms. The van der Waals surface area contributed by atoms with Crippen LogP contribution in [-0.4, -0.2) is 34.5 Å². The molecule has 32 heavy (non-hydrogen) atoms. The van der Waals surface area contributed by atoms with Crippen molar-refractivity contribution in [2.75, 3.05) is 10.0 Å². The Kier molecular flexibility index (Phi) is 5.66. The molecule has 0 aliphatic heterocycles. The Bertz CT molecular complexity index is 1310. The molecule has 0 radical (unpaired) electrons. The van der Waals surface area contributed by atoms with Gasteiger partial charge in [0, 0.05) is 16.6 Å². The second-order valence-electron chi connectivity index (χ2n) is 7.94. The molecule has 0 unspecified atom stereocenters. The van der Waals surface area contributed by atoms with E-state index in [-0.39, 0.29) is 22.0 Å². The van der Waals surface area contributed by atoms with E-state index in [2.05, 4.69) is 25.0 Å². The van der Waals surface area contributed by atoms with Gasteiger partial charge in [0.15, 0.2) is 10.8 Å². The lowest BCUT2D eigenvalue weighted by atomic mass is 9.89. The number of thiazole rings is 1. The number of sulfonamides is 1. The van der Waals surface area contributed by atoms with Gasteiger partial charge in [-0.05, 0) is 38.8 Å². The highest BCUT2D eigenvalue weighted by molar-refractivity contribution is 7.93. The van der Waals surface area contributed by atoms with Crippen molar-refractivity contribution in [3.8, 4) is 17.3 Å². The first-order chi connectivity index (χ1) is 15.2. The van der Waals surface area contributed by atoms with E-state index in [0.717, 1.165) is 16.9 Å². The molecule has 9 nitrogen and oxygen atoms in total. The fourth-order valence-electron chi connectivity index (χ4n) is 2.88. The number of benzene rings is 1. The molecule has 2 heterocycles. The zero-order valence-corrected chi connectivity index (χ0v) is 19.0. The average Bonchev–Trinajstić information content (AvgIpc) is 3.54. The maximum absolute atomic E-state index is 12.9. The highest BCUT2D eigenvalue weighted by Crippen LogP contribution is 2.33. The SMILES string of the molecule is CC(C)(C(=O)Nc1ccc(-c2cncc(C#N)n2)cc1)c1csc(NS(=O)(=O)C2CC2)n1. The molecule has 1 amide bonds. The van der Waals surface area contributed by atoms with Crippen LogP contribution >= 0.6 is 11.3 Å². The number of amides is 1. The van der Waals surface area contributed by atoms with E-state index >= 15 is 0 Å². The average molecular weight is 469 g/mol. The topological polar surface area (TPSA) is 138 Å². The lowest BCUT2D eigenvalue weighted by molar-refractivity contribution is -0.120. The van der Waals surface area contributed by atoms with Crippen LogP contribution in [0.25, 0.3) is 11.3 Å². The minimum Gasteiger partial charge on any atom is -0.325 e. The van der Waals surface area contributed by atoms with Crippen LogP contribution in [0.3, 0.4) is 0 Å². The zero-order chi connectivity index (χ0) is 22.9. The Morgan fingerprint density at radius 1 is 1.19 bits per heavy atom. The molecule has 11 heteroatoms. The van der Waals surface area contributed by atoms with Gasteiger partial charge in [-0.25, -0.2) is 18.4 Å².